The molecule has 0 aliphatic carbocycles. The molecule has 2 amide bonds. The molecule has 33 heavy (non-hydrogen) atoms. The minimum Gasteiger partial charge on any atom is -0.406 e. The predicted molar refractivity (Wildman–Crippen MR) is 126 cm³/mol. The minimum atomic E-state index is -4.83. The van der Waals surface area contributed by atoms with E-state index < -0.39 is 30.1 Å². The standard InChI is InChI=1S/C20H23F3N2O5.CH4.2H2S/c1-11(2)9-14(19(28)25-8-7-16-17(25)15(26)10-29-16)24-18(27)12-3-5-13(6-4-12)30-20(21,22)23;;;/h3-6,11,14,16-17H,7-10H2,1-2H3,(H,24,27);1H4;2*1H2/t14-,16+,17+;;;/m0.../s1. The molecule has 3 rings (SSSR count). The van der Waals surface area contributed by atoms with Crippen molar-refractivity contribution in [3.8, 4) is 5.75 Å². The lowest BCUT2D eigenvalue weighted by Crippen LogP contribution is -2.52. The van der Waals surface area contributed by atoms with Gasteiger partial charge >= 0.3 is 6.36 Å². The number of likely N-dealkylation sites (tertiary alicyclic amines) is 1. The molecule has 2 aliphatic rings. The lowest BCUT2D eigenvalue weighted by Gasteiger charge is -2.28. The van der Waals surface area contributed by atoms with Crippen LogP contribution in [0.25, 0.3) is 0 Å². The van der Waals surface area contributed by atoms with E-state index >= 15 is 0 Å². The molecule has 0 radical (unpaired) electrons. The molecule has 0 spiro atoms. The number of hydrogen-bond donors (Lipinski definition) is 1. The fourth-order valence-corrected chi connectivity index (χ4v) is 3.78. The molecule has 2 saturated heterocycles. The van der Waals surface area contributed by atoms with Crippen LogP contribution < -0.4 is 10.1 Å². The van der Waals surface area contributed by atoms with E-state index in [1.165, 1.54) is 17.0 Å². The van der Waals surface area contributed by atoms with Crippen molar-refractivity contribution in [3.63, 3.8) is 0 Å². The number of fused-ring (bicyclic) bond motifs is 1. The average molecular weight is 513 g/mol. The summed E-state index contributed by atoms with van der Waals surface area (Å²) in [6.45, 7) is 4.14. The Morgan fingerprint density at radius 1 is 1.21 bits per heavy atom. The largest absolute Gasteiger partial charge is 0.573 e. The molecule has 1 N–H and O–H groups in total. The van der Waals surface area contributed by atoms with Crippen LogP contribution in [0.3, 0.4) is 0 Å². The maximum absolute atomic E-state index is 13.1. The third-order valence-electron chi connectivity index (χ3n) is 5.06. The first-order valence-corrected chi connectivity index (χ1v) is 9.66. The van der Waals surface area contributed by atoms with Crippen LogP contribution in [0.4, 0.5) is 13.2 Å². The Bertz CT molecular complexity index is 821. The number of carbonyl (C=O) groups excluding carboxylic acids is 3. The molecule has 0 unspecified atom stereocenters. The third-order valence-corrected chi connectivity index (χ3v) is 5.06. The van der Waals surface area contributed by atoms with Gasteiger partial charge in [0.15, 0.2) is 5.78 Å². The van der Waals surface area contributed by atoms with Crippen LogP contribution in [-0.4, -0.2) is 60.2 Å². The lowest BCUT2D eigenvalue weighted by atomic mass is 10.0. The molecular formula is C21H31F3N2O5S2. The van der Waals surface area contributed by atoms with E-state index in [-0.39, 0.29) is 70.3 Å². The number of halogens is 3. The fraction of sp³-hybridized carbons (Fsp3) is 0.571. The maximum Gasteiger partial charge on any atom is 0.573 e. The number of rotatable bonds is 6. The molecule has 0 bridgehead atoms. The third kappa shape index (κ3) is 7.82. The van der Waals surface area contributed by atoms with Gasteiger partial charge in [-0.3, -0.25) is 14.4 Å². The van der Waals surface area contributed by atoms with E-state index in [0.717, 1.165) is 12.1 Å². The Morgan fingerprint density at radius 3 is 2.36 bits per heavy atom. The monoisotopic (exact) mass is 512 g/mol. The van der Waals surface area contributed by atoms with Crippen molar-refractivity contribution in [2.75, 3.05) is 13.2 Å². The number of hydrogen-bond acceptors (Lipinski definition) is 5. The topological polar surface area (TPSA) is 84.9 Å². The highest BCUT2D eigenvalue weighted by atomic mass is 32.1. The number of ether oxygens (including phenoxy) is 2. The van der Waals surface area contributed by atoms with Crippen LogP contribution in [0.2, 0.25) is 0 Å². The predicted octanol–water partition coefficient (Wildman–Crippen LogP) is 3.16. The molecular weight excluding hydrogens is 481 g/mol. The Hall–Kier alpha value is -1.92. The van der Waals surface area contributed by atoms with Gasteiger partial charge in [0, 0.05) is 12.1 Å². The van der Waals surface area contributed by atoms with Crippen LogP contribution in [-0.2, 0) is 14.3 Å². The Balaban J connectivity index is 0.00000341. The smallest absolute Gasteiger partial charge is 0.406 e. The van der Waals surface area contributed by atoms with E-state index in [0.29, 0.717) is 19.4 Å². The van der Waals surface area contributed by atoms with E-state index in [4.69, 9.17) is 4.74 Å². The molecule has 2 aliphatic heterocycles. The first-order valence-electron chi connectivity index (χ1n) is 9.66. The van der Waals surface area contributed by atoms with Gasteiger partial charge in [-0.05, 0) is 43.0 Å². The minimum absolute atomic E-state index is 0. The molecule has 2 heterocycles. The number of carbonyl (C=O) groups is 3. The van der Waals surface area contributed by atoms with Crippen molar-refractivity contribution in [1.82, 2.24) is 10.2 Å². The Kier molecular flexibility index (Phi) is 11.8. The quantitative estimate of drug-likeness (QED) is 0.633. The number of amides is 2. The van der Waals surface area contributed by atoms with Gasteiger partial charge in [-0.1, -0.05) is 21.3 Å². The Morgan fingerprint density at radius 2 is 1.82 bits per heavy atom. The summed E-state index contributed by atoms with van der Waals surface area (Å²) in [4.78, 5) is 39.3. The van der Waals surface area contributed by atoms with Gasteiger partial charge in [0.25, 0.3) is 5.91 Å². The van der Waals surface area contributed by atoms with Crippen molar-refractivity contribution in [3.05, 3.63) is 29.8 Å². The van der Waals surface area contributed by atoms with Crippen LogP contribution in [0.15, 0.2) is 24.3 Å². The van der Waals surface area contributed by atoms with Gasteiger partial charge < -0.3 is 19.7 Å². The normalized spacial score (nSPS) is 20.2. The summed E-state index contributed by atoms with van der Waals surface area (Å²) >= 11 is 0. The van der Waals surface area contributed by atoms with Gasteiger partial charge in [0.1, 0.15) is 24.4 Å². The summed E-state index contributed by atoms with van der Waals surface area (Å²) in [5.74, 6) is -1.48. The fourth-order valence-electron chi connectivity index (χ4n) is 3.78. The number of nitrogens with one attached hydrogen (secondary N) is 1. The zero-order chi connectivity index (χ0) is 22.1. The SMILES string of the molecule is C.CC(C)C[C@H](NC(=O)c1ccc(OC(F)(F)F)cc1)C(=O)N1CC[C@H]2OCC(=O)[C@H]21.S.S. The zero-order valence-corrected chi connectivity index (χ0v) is 19.6. The van der Waals surface area contributed by atoms with Crippen molar-refractivity contribution in [2.24, 2.45) is 5.92 Å². The van der Waals surface area contributed by atoms with E-state index in [1.54, 1.807) is 0 Å². The average Bonchev–Trinajstić information content (AvgIpc) is 3.22. The van der Waals surface area contributed by atoms with Crippen molar-refractivity contribution >= 4 is 44.6 Å². The molecule has 1 aromatic rings. The molecule has 0 saturated carbocycles. The highest BCUT2D eigenvalue weighted by Gasteiger charge is 2.48. The van der Waals surface area contributed by atoms with Gasteiger partial charge in [0.05, 0.1) is 6.10 Å². The Labute approximate surface area is 205 Å². The number of nitrogens with zero attached hydrogens (tertiary/aromatic N) is 1. The second-order valence-corrected chi connectivity index (χ2v) is 7.81. The summed E-state index contributed by atoms with van der Waals surface area (Å²) in [6.07, 6.45) is -4.22. The lowest BCUT2D eigenvalue weighted by molar-refractivity contribution is -0.274. The number of ketones is 1. The molecule has 0 aromatic heterocycles. The van der Waals surface area contributed by atoms with Crippen LogP contribution >= 0.6 is 27.0 Å². The second-order valence-electron chi connectivity index (χ2n) is 7.81. The highest BCUT2D eigenvalue weighted by Crippen LogP contribution is 2.28. The van der Waals surface area contributed by atoms with Crippen molar-refractivity contribution < 1.29 is 37.0 Å². The highest BCUT2D eigenvalue weighted by molar-refractivity contribution is 7.59. The van der Waals surface area contributed by atoms with Gasteiger partial charge in [-0.2, -0.15) is 27.0 Å². The molecule has 1 aromatic carbocycles. The van der Waals surface area contributed by atoms with Crippen molar-refractivity contribution in [2.45, 2.75) is 58.7 Å². The van der Waals surface area contributed by atoms with E-state index in [2.05, 4.69) is 10.1 Å². The summed E-state index contributed by atoms with van der Waals surface area (Å²) in [7, 11) is 0. The molecule has 2 fully saturated rings. The summed E-state index contributed by atoms with van der Waals surface area (Å²) in [5.41, 5.74) is 0.0886. The summed E-state index contributed by atoms with van der Waals surface area (Å²) < 4.78 is 46.0. The first-order chi connectivity index (χ1) is 14.0. The molecule has 188 valence electrons. The zero-order valence-electron chi connectivity index (χ0n) is 17.6. The number of benzene rings is 1. The van der Waals surface area contributed by atoms with Gasteiger partial charge in [-0.25, -0.2) is 0 Å². The molecule has 7 nitrogen and oxygen atoms in total. The van der Waals surface area contributed by atoms with E-state index in [9.17, 15) is 27.6 Å². The molecule has 3 atom stereocenters. The molecule has 12 heteroatoms. The first kappa shape index (κ1) is 31.1. The van der Waals surface area contributed by atoms with Crippen LogP contribution in [0.1, 0.15) is 44.5 Å². The van der Waals surface area contributed by atoms with Gasteiger partial charge in [0.2, 0.25) is 5.91 Å². The maximum atomic E-state index is 13.1. The van der Waals surface area contributed by atoms with Crippen LogP contribution in [0.5, 0.6) is 5.75 Å². The number of Topliss-reactive ketones (excluding diaryl/α,β-unsaturated/α-hetero) is 1. The van der Waals surface area contributed by atoms with Gasteiger partial charge in [-0.15, -0.1) is 13.2 Å². The second kappa shape index (κ2) is 12.5. The van der Waals surface area contributed by atoms with Crippen LogP contribution in [0, 0.1) is 5.92 Å². The summed E-state index contributed by atoms with van der Waals surface area (Å²) in [5, 5.41) is 2.66. The number of alkyl halides is 3. The summed E-state index contributed by atoms with van der Waals surface area (Å²) in [6, 6.07) is 2.95. The van der Waals surface area contributed by atoms with Crippen molar-refractivity contribution in [1.29, 1.82) is 0 Å². The van der Waals surface area contributed by atoms with E-state index in [1.807, 2.05) is 13.8 Å².